The fourth-order valence-corrected chi connectivity index (χ4v) is 3.50. The molecule has 2 unspecified atom stereocenters. The van der Waals surface area contributed by atoms with E-state index in [-0.39, 0.29) is 6.04 Å². The topological polar surface area (TPSA) is 35.2 Å². The summed E-state index contributed by atoms with van der Waals surface area (Å²) < 4.78 is 5.45. The van der Waals surface area contributed by atoms with Crippen LogP contribution in [0.15, 0.2) is 48.5 Å². The van der Waals surface area contributed by atoms with Crippen LogP contribution < -0.4 is 10.5 Å². The van der Waals surface area contributed by atoms with Crippen molar-refractivity contribution in [2.24, 2.45) is 5.73 Å². The van der Waals surface area contributed by atoms with Crippen molar-refractivity contribution in [3.05, 3.63) is 65.2 Å². The highest BCUT2D eigenvalue weighted by Crippen LogP contribution is 2.35. The summed E-state index contributed by atoms with van der Waals surface area (Å²) >= 11 is 0. The molecule has 0 aliphatic heterocycles. The molecule has 0 spiro atoms. The van der Waals surface area contributed by atoms with Gasteiger partial charge in [-0.1, -0.05) is 42.5 Å². The van der Waals surface area contributed by atoms with Crippen LogP contribution in [0.4, 0.5) is 0 Å². The maximum Gasteiger partial charge on any atom is 0.122 e. The Bertz CT molecular complexity index is 608. The maximum absolute atomic E-state index is 6.56. The van der Waals surface area contributed by atoms with Crippen LogP contribution in [0, 0.1) is 0 Å². The molecule has 0 saturated heterocycles. The van der Waals surface area contributed by atoms with Crippen LogP contribution in [0.2, 0.25) is 0 Å². The molecule has 0 aromatic heterocycles. The lowest BCUT2D eigenvalue weighted by Crippen LogP contribution is -2.33. The predicted molar refractivity (Wildman–Crippen MR) is 86.8 cm³/mol. The second kappa shape index (κ2) is 6.31. The fourth-order valence-electron chi connectivity index (χ4n) is 3.50. The second-order valence-electron chi connectivity index (χ2n) is 5.88. The fraction of sp³-hybridized carbons (Fsp3) is 0.368. The SMILES string of the molecule is COc1ccccc1CC(N)C1CCCc2ccccc21. The molecule has 0 heterocycles. The molecule has 2 N–H and O–H groups in total. The van der Waals surface area contributed by atoms with Gasteiger partial charge in [-0.2, -0.15) is 0 Å². The maximum atomic E-state index is 6.56. The molecule has 2 nitrogen and oxygen atoms in total. The van der Waals surface area contributed by atoms with Gasteiger partial charge in [0, 0.05) is 6.04 Å². The summed E-state index contributed by atoms with van der Waals surface area (Å²) in [5, 5.41) is 0. The Labute approximate surface area is 126 Å². The molecule has 0 radical (unpaired) electrons. The number of ether oxygens (including phenoxy) is 1. The normalized spacial score (nSPS) is 18.9. The Hall–Kier alpha value is -1.80. The van der Waals surface area contributed by atoms with E-state index >= 15 is 0 Å². The van der Waals surface area contributed by atoms with E-state index in [1.165, 1.54) is 36.0 Å². The molecule has 0 saturated carbocycles. The van der Waals surface area contributed by atoms with Crippen LogP contribution in [-0.4, -0.2) is 13.2 Å². The molecule has 3 rings (SSSR count). The van der Waals surface area contributed by atoms with Crippen molar-refractivity contribution >= 4 is 0 Å². The number of para-hydroxylation sites is 1. The van der Waals surface area contributed by atoms with Gasteiger partial charge in [0.05, 0.1) is 7.11 Å². The third-order valence-corrected chi connectivity index (χ3v) is 4.58. The molecule has 2 aromatic rings. The minimum Gasteiger partial charge on any atom is -0.496 e. The van der Waals surface area contributed by atoms with Crippen LogP contribution in [0.3, 0.4) is 0 Å². The zero-order valence-electron chi connectivity index (χ0n) is 12.6. The zero-order valence-corrected chi connectivity index (χ0v) is 12.6. The highest BCUT2D eigenvalue weighted by atomic mass is 16.5. The van der Waals surface area contributed by atoms with E-state index < -0.39 is 0 Å². The molecule has 0 fully saturated rings. The lowest BCUT2D eigenvalue weighted by Gasteiger charge is -2.30. The lowest BCUT2D eigenvalue weighted by atomic mass is 9.77. The summed E-state index contributed by atoms with van der Waals surface area (Å²) in [6.07, 6.45) is 4.48. The molecule has 1 aliphatic carbocycles. The first-order chi connectivity index (χ1) is 10.3. The molecule has 0 amide bonds. The van der Waals surface area contributed by atoms with Gasteiger partial charge in [0.15, 0.2) is 0 Å². The minimum atomic E-state index is 0.141. The van der Waals surface area contributed by atoms with Gasteiger partial charge < -0.3 is 10.5 Å². The van der Waals surface area contributed by atoms with Gasteiger partial charge in [0.25, 0.3) is 0 Å². The molecular formula is C19H23NO. The van der Waals surface area contributed by atoms with Gasteiger partial charge >= 0.3 is 0 Å². The van der Waals surface area contributed by atoms with E-state index in [1.807, 2.05) is 12.1 Å². The van der Waals surface area contributed by atoms with E-state index in [0.717, 1.165) is 12.2 Å². The van der Waals surface area contributed by atoms with E-state index in [4.69, 9.17) is 10.5 Å². The Morgan fingerprint density at radius 1 is 1.14 bits per heavy atom. The molecule has 2 heteroatoms. The van der Waals surface area contributed by atoms with Crippen molar-refractivity contribution in [1.82, 2.24) is 0 Å². The molecular weight excluding hydrogens is 258 g/mol. The van der Waals surface area contributed by atoms with Crippen molar-refractivity contribution in [3.8, 4) is 5.75 Å². The summed E-state index contributed by atoms with van der Waals surface area (Å²) in [7, 11) is 1.72. The average Bonchev–Trinajstić information content (AvgIpc) is 2.54. The first kappa shape index (κ1) is 14.2. The Kier molecular flexibility index (Phi) is 4.26. The summed E-state index contributed by atoms with van der Waals surface area (Å²) in [4.78, 5) is 0. The van der Waals surface area contributed by atoms with Crippen molar-refractivity contribution < 1.29 is 4.74 Å². The Morgan fingerprint density at radius 3 is 2.76 bits per heavy atom. The van der Waals surface area contributed by atoms with Crippen LogP contribution in [0.5, 0.6) is 5.75 Å². The first-order valence-electron chi connectivity index (χ1n) is 7.75. The number of aryl methyl sites for hydroxylation is 1. The highest BCUT2D eigenvalue weighted by Gasteiger charge is 2.25. The van der Waals surface area contributed by atoms with Crippen molar-refractivity contribution in [2.75, 3.05) is 7.11 Å². The number of hydrogen-bond acceptors (Lipinski definition) is 2. The number of rotatable bonds is 4. The number of hydrogen-bond donors (Lipinski definition) is 1. The smallest absolute Gasteiger partial charge is 0.122 e. The van der Waals surface area contributed by atoms with Crippen molar-refractivity contribution in [1.29, 1.82) is 0 Å². The second-order valence-corrected chi connectivity index (χ2v) is 5.88. The Balaban J connectivity index is 1.82. The molecule has 2 aromatic carbocycles. The highest BCUT2D eigenvalue weighted by molar-refractivity contribution is 5.37. The van der Waals surface area contributed by atoms with Gasteiger partial charge in [-0.25, -0.2) is 0 Å². The van der Waals surface area contributed by atoms with Crippen LogP contribution in [-0.2, 0) is 12.8 Å². The number of fused-ring (bicyclic) bond motifs is 1. The summed E-state index contributed by atoms with van der Waals surface area (Å²) in [6, 6.07) is 17.1. The summed E-state index contributed by atoms with van der Waals surface area (Å²) in [5.41, 5.74) is 10.7. The molecule has 0 bridgehead atoms. The zero-order chi connectivity index (χ0) is 14.7. The minimum absolute atomic E-state index is 0.141. The summed E-state index contributed by atoms with van der Waals surface area (Å²) in [6.45, 7) is 0. The van der Waals surface area contributed by atoms with Crippen LogP contribution >= 0.6 is 0 Å². The predicted octanol–water partition coefficient (Wildman–Crippen LogP) is 3.69. The third kappa shape index (κ3) is 2.96. The molecule has 21 heavy (non-hydrogen) atoms. The van der Waals surface area contributed by atoms with Gasteiger partial charge in [-0.05, 0) is 54.4 Å². The van der Waals surface area contributed by atoms with Crippen molar-refractivity contribution in [3.63, 3.8) is 0 Å². The van der Waals surface area contributed by atoms with Crippen LogP contribution in [0.1, 0.15) is 35.4 Å². The first-order valence-corrected chi connectivity index (χ1v) is 7.75. The van der Waals surface area contributed by atoms with Gasteiger partial charge in [-0.3, -0.25) is 0 Å². The number of methoxy groups -OCH3 is 1. The van der Waals surface area contributed by atoms with E-state index in [9.17, 15) is 0 Å². The van der Waals surface area contributed by atoms with Gasteiger partial charge in [0.2, 0.25) is 0 Å². The van der Waals surface area contributed by atoms with Gasteiger partial charge in [0.1, 0.15) is 5.75 Å². The lowest BCUT2D eigenvalue weighted by molar-refractivity contribution is 0.402. The monoisotopic (exact) mass is 281 g/mol. The van der Waals surface area contributed by atoms with Crippen LogP contribution in [0.25, 0.3) is 0 Å². The standard InChI is InChI=1S/C19H23NO/c1-21-19-12-5-3-8-15(19)13-18(20)17-11-6-9-14-7-2-4-10-16(14)17/h2-5,7-8,10,12,17-18H,6,9,11,13,20H2,1H3. The Morgan fingerprint density at radius 2 is 1.90 bits per heavy atom. The quantitative estimate of drug-likeness (QED) is 0.927. The molecule has 2 atom stereocenters. The van der Waals surface area contributed by atoms with E-state index in [1.54, 1.807) is 7.11 Å². The number of benzene rings is 2. The van der Waals surface area contributed by atoms with E-state index in [2.05, 4.69) is 36.4 Å². The van der Waals surface area contributed by atoms with Crippen molar-refractivity contribution in [2.45, 2.75) is 37.6 Å². The molecule has 110 valence electrons. The largest absolute Gasteiger partial charge is 0.496 e. The van der Waals surface area contributed by atoms with Gasteiger partial charge in [-0.15, -0.1) is 0 Å². The summed E-state index contributed by atoms with van der Waals surface area (Å²) in [5.74, 6) is 1.40. The van der Waals surface area contributed by atoms with E-state index in [0.29, 0.717) is 5.92 Å². The number of nitrogens with two attached hydrogens (primary N) is 1. The molecule has 1 aliphatic rings. The average molecular weight is 281 g/mol. The third-order valence-electron chi connectivity index (χ3n) is 4.58.